The number of nitrogen functional groups attached to an aromatic ring is 1. The Morgan fingerprint density at radius 1 is 1.55 bits per heavy atom. The number of hydrogen-bond donors (Lipinski definition) is 3. The first kappa shape index (κ1) is 14.6. The number of ether oxygens (including phenoxy) is 1. The summed E-state index contributed by atoms with van der Waals surface area (Å²) in [5.74, 6) is -0.787. The van der Waals surface area contributed by atoms with Gasteiger partial charge in [-0.05, 0) is 13.0 Å². The van der Waals surface area contributed by atoms with Gasteiger partial charge in [0.15, 0.2) is 0 Å². The average Bonchev–Trinajstić information content (AvgIpc) is 2.60. The molecule has 1 aliphatic rings. The van der Waals surface area contributed by atoms with E-state index in [1.54, 1.807) is 6.92 Å². The first-order chi connectivity index (χ1) is 9.47. The van der Waals surface area contributed by atoms with Crippen LogP contribution >= 0.6 is 0 Å². The molecule has 110 valence electrons. The third-order valence-electron chi connectivity index (χ3n) is 3.18. The van der Waals surface area contributed by atoms with Gasteiger partial charge in [0.05, 0.1) is 6.61 Å². The van der Waals surface area contributed by atoms with Crippen molar-refractivity contribution in [2.75, 3.05) is 18.9 Å². The molecule has 0 amide bonds. The molecule has 1 unspecified atom stereocenters. The summed E-state index contributed by atoms with van der Waals surface area (Å²) in [6.45, 7) is 1.92. The summed E-state index contributed by atoms with van der Waals surface area (Å²) >= 11 is 0. The smallest absolute Gasteiger partial charge is 0.350 e. The zero-order valence-electron chi connectivity index (χ0n) is 10.9. The highest BCUT2D eigenvalue weighted by molar-refractivity contribution is 5.30. The summed E-state index contributed by atoms with van der Waals surface area (Å²) in [4.78, 5) is 15.2. The van der Waals surface area contributed by atoms with Crippen LogP contribution in [0, 0.1) is 0 Å². The zero-order valence-corrected chi connectivity index (χ0v) is 10.9. The van der Waals surface area contributed by atoms with Gasteiger partial charge in [-0.3, -0.25) is 4.57 Å². The number of rotatable bonds is 4. The summed E-state index contributed by atoms with van der Waals surface area (Å²) in [5, 5.41) is 19.8. The monoisotopic (exact) mass is 285 g/mol. The summed E-state index contributed by atoms with van der Waals surface area (Å²) in [7, 11) is 0. The molecule has 7 nitrogen and oxygen atoms in total. The molecular weight excluding hydrogens is 269 g/mol. The number of anilines is 1. The zero-order chi connectivity index (χ0) is 14.9. The molecule has 0 aliphatic heterocycles. The lowest BCUT2D eigenvalue weighted by Gasteiger charge is -2.19. The van der Waals surface area contributed by atoms with Crippen LogP contribution in [0.2, 0.25) is 0 Å². The molecule has 1 aliphatic carbocycles. The van der Waals surface area contributed by atoms with E-state index in [1.165, 1.54) is 12.3 Å². The van der Waals surface area contributed by atoms with Gasteiger partial charge in [0, 0.05) is 18.4 Å². The highest BCUT2D eigenvalue weighted by Gasteiger charge is 2.43. The lowest BCUT2D eigenvalue weighted by atomic mass is 10.1. The Morgan fingerprint density at radius 3 is 2.85 bits per heavy atom. The van der Waals surface area contributed by atoms with Crippen molar-refractivity contribution in [2.45, 2.75) is 25.2 Å². The Bertz CT molecular complexity index is 586. The molecule has 0 saturated heterocycles. The van der Waals surface area contributed by atoms with Gasteiger partial charge in [-0.2, -0.15) is 4.98 Å². The summed E-state index contributed by atoms with van der Waals surface area (Å²) in [5.41, 5.74) is 4.49. The molecule has 8 heteroatoms. The van der Waals surface area contributed by atoms with Crippen molar-refractivity contribution in [2.24, 2.45) is 0 Å². The van der Waals surface area contributed by atoms with Crippen molar-refractivity contribution >= 4 is 5.82 Å². The molecule has 1 aromatic rings. The topological polar surface area (TPSA) is 111 Å². The third-order valence-corrected chi connectivity index (χ3v) is 3.18. The Balaban J connectivity index is 2.40. The second kappa shape index (κ2) is 5.70. The fourth-order valence-corrected chi connectivity index (χ4v) is 2.15. The first-order valence-corrected chi connectivity index (χ1v) is 6.14. The van der Waals surface area contributed by atoms with Crippen LogP contribution in [0.5, 0.6) is 0 Å². The summed E-state index contributed by atoms with van der Waals surface area (Å²) in [6.07, 6.45) is -1.67. The quantitative estimate of drug-likeness (QED) is 0.679. The molecule has 0 aromatic carbocycles. The van der Waals surface area contributed by atoms with E-state index >= 15 is 0 Å². The number of halogens is 1. The summed E-state index contributed by atoms with van der Waals surface area (Å²) in [6, 6.07) is -0.00466. The second-order valence-electron chi connectivity index (χ2n) is 4.43. The maximum Gasteiger partial charge on any atom is 0.350 e. The number of aliphatic hydroxyl groups is 2. The van der Waals surface area contributed by atoms with E-state index in [-0.39, 0.29) is 18.0 Å². The number of nitrogens with zero attached hydrogens (tertiary/aromatic N) is 2. The van der Waals surface area contributed by atoms with Gasteiger partial charge in [-0.1, -0.05) is 0 Å². The van der Waals surface area contributed by atoms with Gasteiger partial charge in [-0.15, -0.1) is 0 Å². The Hall–Kier alpha value is -1.77. The van der Waals surface area contributed by atoms with E-state index in [9.17, 15) is 19.4 Å². The minimum atomic E-state index is -1.48. The van der Waals surface area contributed by atoms with Crippen LogP contribution in [0.25, 0.3) is 0 Å². The minimum absolute atomic E-state index is 0.00165. The molecule has 1 heterocycles. The SMILES string of the molecule is CCOCC1=C(F)C(n2ccc(N)nc2=O)[C@H](O)[C@@H]1O. The predicted molar refractivity (Wildman–Crippen MR) is 68.6 cm³/mol. The molecule has 20 heavy (non-hydrogen) atoms. The van der Waals surface area contributed by atoms with Crippen molar-refractivity contribution in [1.82, 2.24) is 9.55 Å². The van der Waals surface area contributed by atoms with Crippen molar-refractivity contribution in [3.05, 3.63) is 34.1 Å². The van der Waals surface area contributed by atoms with Crippen LogP contribution in [0.4, 0.5) is 10.2 Å². The molecule has 3 atom stereocenters. The van der Waals surface area contributed by atoms with Crippen LogP contribution in [-0.4, -0.2) is 45.2 Å². The van der Waals surface area contributed by atoms with Crippen LogP contribution in [-0.2, 0) is 4.74 Å². The maximum absolute atomic E-state index is 14.3. The van der Waals surface area contributed by atoms with Crippen molar-refractivity contribution in [1.29, 1.82) is 0 Å². The third kappa shape index (κ3) is 2.45. The van der Waals surface area contributed by atoms with Crippen molar-refractivity contribution < 1.29 is 19.3 Å². The van der Waals surface area contributed by atoms with Gasteiger partial charge < -0.3 is 20.7 Å². The van der Waals surface area contributed by atoms with E-state index in [0.717, 1.165) is 4.57 Å². The van der Waals surface area contributed by atoms with Crippen LogP contribution in [0.15, 0.2) is 28.5 Å². The first-order valence-electron chi connectivity index (χ1n) is 6.14. The fraction of sp³-hybridized carbons (Fsp3) is 0.500. The number of aliphatic hydroxyl groups excluding tert-OH is 2. The molecule has 2 rings (SSSR count). The summed E-state index contributed by atoms with van der Waals surface area (Å²) < 4.78 is 20.3. The van der Waals surface area contributed by atoms with Gasteiger partial charge >= 0.3 is 5.69 Å². The normalized spacial score (nSPS) is 26.3. The lowest BCUT2D eigenvalue weighted by molar-refractivity contribution is 0.0215. The molecular formula is C12H16FN3O4. The van der Waals surface area contributed by atoms with Crippen molar-refractivity contribution in [3.8, 4) is 0 Å². The number of aromatic nitrogens is 2. The van der Waals surface area contributed by atoms with Gasteiger partial charge in [0.25, 0.3) is 0 Å². The van der Waals surface area contributed by atoms with Crippen molar-refractivity contribution in [3.63, 3.8) is 0 Å². The lowest BCUT2D eigenvalue weighted by Crippen LogP contribution is -2.36. The van der Waals surface area contributed by atoms with E-state index in [1.807, 2.05) is 0 Å². The minimum Gasteiger partial charge on any atom is -0.387 e. The van der Waals surface area contributed by atoms with Gasteiger partial charge in [0.1, 0.15) is 29.9 Å². The average molecular weight is 285 g/mol. The Labute approximate surface area is 114 Å². The molecule has 0 spiro atoms. The van der Waals surface area contributed by atoms with E-state index in [0.29, 0.717) is 6.61 Å². The van der Waals surface area contributed by atoms with Crippen LogP contribution in [0.1, 0.15) is 13.0 Å². The second-order valence-corrected chi connectivity index (χ2v) is 4.43. The number of nitrogens with two attached hydrogens (primary N) is 1. The largest absolute Gasteiger partial charge is 0.387 e. The number of hydrogen-bond acceptors (Lipinski definition) is 6. The maximum atomic E-state index is 14.3. The van der Waals surface area contributed by atoms with Gasteiger partial charge in [0.2, 0.25) is 0 Å². The predicted octanol–water partition coefficient (Wildman–Crippen LogP) is -0.638. The van der Waals surface area contributed by atoms with Crippen LogP contribution < -0.4 is 11.4 Å². The van der Waals surface area contributed by atoms with Gasteiger partial charge in [-0.25, -0.2) is 9.18 Å². The van der Waals surface area contributed by atoms with E-state index in [4.69, 9.17) is 10.5 Å². The van der Waals surface area contributed by atoms with E-state index in [2.05, 4.69) is 4.98 Å². The molecule has 0 saturated carbocycles. The molecule has 1 aromatic heterocycles. The molecule has 0 radical (unpaired) electrons. The fourth-order valence-electron chi connectivity index (χ4n) is 2.15. The highest BCUT2D eigenvalue weighted by Crippen LogP contribution is 2.36. The standard InChI is InChI=1S/C12H16FN3O4/c1-2-20-5-6-8(13)9(11(18)10(6)17)16-4-3-7(14)15-12(16)19/h3-4,9-11,17-18H,2,5H2,1H3,(H2,14,15,19)/t9?,10-,11+/m1/s1. The van der Waals surface area contributed by atoms with Crippen LogP contribution in [0.3, 0.4) is 0 Å². The molecule has 0 fully saturated rings. The molecule has 4 N–H and O–H groups in total. The molecule has 0 bridgehead atoms. The van der Waals surface area contributed by atoms with E-state index < -0.39 is 29.8 Å². The Morgan fingerprint density at radius 2 is 2.25 bits per heavy atom. The highest BCUT2D eigenvalue weighted by atomic mass is 19.1. The Kier molecular flexibility index (Phi) is 4.17.